The summed E-state index contributed by atoms with van der Waals surface area (Å²) >= 11 is 3.77. The topological polar surface area (TPSA) is 92.4 Å². The summed E-state index contributed by atoms with van der Waals surface area (Å²) in [5.74, 6) is -4.05. The quantitative estimate of drug-likeness (QED) is 0.321. The van der Waals surface area contributed by atoms with Gasteiger partial charge < -0.3 is 14.8 Å². The van der Waals surface area contributed by atoms with Gasteiger partial charge in [0, 0.05) is 22.9 Å². The molecule has 0 aliphatic heterocycles. The van der Waals surface area contributed by atoms with E-state index >= 15 is 0 Å². The number of oxazole rings is 1. The third-order valence-electron chi connectivity index (χ3n) is 4.53. The highest BCUT2D eigenvalue weighted by atomic mass is 79.9. The maximum Gasteiger partial charge on any atom is 0.339 e. The molecule has 6 nitrogen and oxygen atoms in total. The largest absolute Gasteiger partial charge is 0.478 e. The number of nitrogens with one attached hydrogen (secondary N) is 1. The summed E-state index contributed by atoms with van der Waals surface area (Å²) in [5, 5.41) is 13.4. The fourth-order valence-corrected chi connectivity index (χ4v) is 4.35. The Balaban J connectivity index is 0.000000970. The van der Waals surface area contributed by atoms with Crippen molar-refractivity contribution in [3.8, 4) is 11.1 Å². The monoisotopic (exact) mass is 554 g/mol. The van der Waals surface area contributed by atoms with Crippen LogP contribution in [0.2, 0.25) is 0 Å². The highest BCUT2D eigenvalue weighted by Gasteiger charge is 2.26. The van der Waals surface area contributed by atoms with E-state index in [1.54, 1.807) is 6.08 Å². The number of amides is 1. The van der Waals surface area contributed by atoms with E-state index in [0.29, 0.717) is 17.9 Å². The van der Waals surface area contributed by atoms with Crippen molar-refractivity contribution in [2.24, 2.45) is 0 Å². The molecule has 2 aromatic heterocycles. The second-order valence-electron chi connectivity index (χ2n) is 6.46. The van der Waals surface area contributed by atoms with Crippen LogP contribution in [-0.2, 0) is 6.42 Å². The van der Waals surface area contributed by atoms with Gasteiger partial charge in [-0.15, -0.1) is 11.3 Å². The zero-order valence-electron chi connectivity index (χ0n) is 19.2. The summed E-state index contributed by atoms with van der Waals surface area (Å²) in [7, 11) is 0. The van der Waals surface area contributed by atoms with Crippen molar-refractivity contribution in [1.29, 1.82) is 0 Å². The minimum absolute atomic E-state index is 0.0332. The van der Waals surface area contributed by atoms with E-state index in [-0.39, 0.29) is 32.1 Å². The number of anilines is 1. The van der Waals surface area contributed by atoms with E-state index in [1.165, 1.54) is 17.5 Å². The minimum Gasteiger partial charge on any atom is -0.478 e. The summed E-state index contributed by atoms with van der Waals surface area (Å²) in [6.45, 7) is 8.00. The van der Waals surface area contributed by atoms with Gasteiger partial charge >= 0.3 is 11.9 Å². The number of fused-ring (bicyclic) bond motifs is 1. The number of carbonyl (C=O) groups excluding carboxylic acids is 1. The molecular weight excluding hydrogens is 530 g/mol. The van der Waals surface area contributed by atoms with Crippen LogP contribution < -0.4 is 5.32 Å². The number of carbonyl (C=O) groups is 2. The van der Waals surface area contributed by atoms with E-state index in [9.17, 15) is 23.5 Å². The maximum atomic E-state index is 14.4. The lowest BCUT2D eigenvalue weighted by Crippen LogP contribution is -2.14. The molecule has 1 aliphatic rings. The van der Waals surface area contributed by atoms with Crippen molar-refractivity contribution in [1.82, 2.24) is 4.98 Å². The molecule has 4 rings (SSSR count). The number of aromatic nitrogens is 1. The van der Waals surface area contributed by atoms with Crippen molar-refractivity contribution < 1.29 is 27.9 Å². The fraction of sp³-hybridized carbons (Fsp3) is 0.292. The van der Waals surface area contributed by atoms with E-state index < -0.39 is 23.5 Å². The smallest absolute Gasteiger partial charge is 0.339 e. The number of allylic oxidation sites excluding steroid dienone is 1. The third-order valence-corrected chi connectivity index (χ3v) is 6.04. The van der Waals surface area contributed by atoms with Gasteiger partial charge in [0.1, 0.15) is 22.0 Å². The van der Waals surface area contributed by atoms with Gasteiger partial charge in [0.2, 0.25) is 0 Å². The van der Waals surface area contributed by atoms with Gasteiger partial charge in [-0.1, -0.05) is 39.8 Å². The Labute approximate surface area is 208 Å². The molecule has 2 heterocycles. The molecule has 10 heteroatoms. The molecule has 1 amide bonds. The number of carboxylic acid groups (broad SMARTS) is 1. The molecule has 0 saturated heterocycles. The molecule has 1 aliphatic carbocycles. The molecular formula is C24H25BrF2N2O4S. The zero-order valence-corrected chi connectivity index (χ0v) is 21.6. The Morgan fingerprint density at radius 3 is 2.53 bits per heavy atom. The predicted molar refractivity (Wildman–Crippen MR) is 133 cm³/mol. The van der Waals surface area contributed by atoms with Crippen LogP contribution in [0.4, 0.5) is 13.8 Å². The summed E-state index contributed by atoms with van der Waals surface area (Å²) in [5.41, 5.74) is -0.0481. The number of hydrogen-bond donors (Lipinski definition) is 2. The molecule has 1 aromatic carbocycles. The molecule has 0 atom stereocenters. The number of benzene rings is 1. The third kappa shape index (κ3) is 5.79. The Morgan fingerprint density at radius 2 is 1.85 bits per heavy atom. The number of aromatic carboxylic acids is 1. The van der Waals surface area contributed by atoms with Gasteiger partial charge in [0.25, 0.3) is 5.89 Å². The SMILES string of the molecule is CC.CC.O=C(Nc1scc(-c2ccc(Br)c(F)c2F)c1C(=O)O)c1nc2c(o1)CCCC=C2. The summed E-state index contributed by atoms with van der Waals surface area (Å²) in [6.07, 6.45) is 6.11. The number of rotatable bonds is 4. The highest BCUT2D eigenvalue weighted by molar-refractivity contribution is 9.10. The minimum atomic E-state index is -1.39. The summed E-state index contributed by atoms with van der Waals surface area (Å²) < 4.78 is 33.8. The van der Waals surface area contributed by atoms with Gasteiger partial charge in [-0.05, 0) is 40.9 Å². The average Bonchev–Trinajstić information content (AvgIpc) is 3.38. The van der Waals surface area contributed by atoms with E-state index in [1.807, 2.05) is 33.8 Å². The van der Waals surface area contributed by atoms with Gasteiger partial charge in [-0.3, -0.25) is 4.79 Å². The van der Waals surface area contributed by atoms with Crippen LogP contribution in [0, 0.1) is 11.6 Å². The molecule has 182 valence electrons. The van der Waals surface area contributed by atoms with Crippen LogP contribution in [0.15, 0.2) is 32.5 Å². The number of halogens is 3. The molecule has 0 spiro atoms. The van der Waals surface area contributed by atoms with Crippen LogP contribution in [0.25, 0.3) is 17.2 Å². The number of hydrogen-bond acceptors (Lipinski definition) is 5. The van der Waals surface area contributed by atoms with Crippen molar-refractivity contribution >= 4 is 50.2 Å². The van der Waals surface area contributed by atoms with Crippen molar-refractivity contribution in [2.45, 2.75) is 47.0 Å². The normalized spacial score (nSPS) is 11.9. The predicted octanol–water partition coefficient (Wildman–Crippen LogP) is 7.80. The standard InChI is InChI=1S/C20H13BrF2N2O4S.2C2H6/c21-11-7-6-9(15(22)16(11)23)10-8-30-19(14(10)20(27)28)25-17(26)18-24-12-4-2-1-3-5-13(12)29-18;2*1-2/h2,4,6-8H,1,3,5H2,(H,25,26)(H,27,28);2*1-2H3. The van der Waals surface area contributed by atoms with Gasteiger partial charge in [0.05, 0.1) is 4.47 Å². The van der Waals surface area contributed by atoms with Gasteiger partial charge in [-0.25, -0.2) is 18.6 Å². The number of aryl methyl sites for hydroxylation is 1. The molecule has 2 N–H and O–H groups in total. The van der Waals surface area contributed by atoms with Crippen molar-refractivity contribution in [2.75, 3.05) is 5.32 Å². The Hall–Kier alpha value is -2.85. The van der Waals surface area contributed by atoms with Crippen LogP contribution >= 0.6 is 27.3 Å². The van der Waals surface area contributed by atoms with E-state index in [2.05, 4.69) is 26.2 Å². The van der Waals surface area contributed by atoms with Crippen LogP contribution in [0.1, 0.15) is 73.0 Å². The lowest BCUT2D eigenvalue weighted by atomic mass is 10.0. The lowest BCUT2D eigenvalue weighted by Gasteiger charge is -2.07. The number of nitrogens with zero attached hydrogens (tertiary/aromatic N) is 1. The van der Waals surface area contributed by atoms with E-state index in [4.69, 9.17) is 4.42 Å². The molecule has 0 fully saturated rings. The lowest BCUT2D eigenvalue weighted by molar-refractivity contribution is 0.0699. The molecule has 34 heavy (non-hydrogen) atoms. The van der Waals surface area contributed by atoms with E-state index in [0.717, 1.165) is 24.2 Å². The Morgan fingerprint density at radius 1 is 1.15 bits per heavy atom. The fourth-order valence-electron chi connectivity index (χ4n) is 3.10. The zero-order chi connectivity index (χ0) is 25.4. The molecule has 0 unspecified atom stereocenters. The van der Waals surface area contributed by atoms with Gasteiger partial charge in [-0.2, -0.15) is 0 Å². The molecule has 0 bridgehead atoms. The van der Waals surface area contributed by atoms with Crippen LogP contribution in [0.5, 0.6) is 0 Å². The van der Waals surface area contributed by atoms with Crippen LogP contribution in [0.3, 0.4) is 0 Å². The first-order chi connectivity index (χ1) is 16.4. The average molecular weight is 555 g/mol. The second kappa shape index (κ2) is 12.6. The molecule has 3 aromatic rings. The summed E-state index contributed by atoms with van der Waals surface area (Å²) in [4.78, 5) is 28.6. The van der Waals surface area contributed by atoms with Crippen molar-refractivity contribution in [3.05, 3.63) is 62.6 Å². The Bertz CT molecular complexity index is 1200. The molecule has 0 saturated carbocycles. The Kier molecular flexibility index (Phi) is 10.1. The van der Waals surface area contributed by atoms with Crippen molar-refractivity contribution in [3.63, 3.8) is 0 Å². The molecule has 0 radical (unpaired) electrons. The number of thiophene rings is 1. The number of carboxylic acids is 1. The first kappa shape index (κ1) is 27.4. The summed E-state index contributed by atoms with van der Waals surface area (Å²) in [6, 6.07) is 2.54. The maximum absolute atomic E-state index is 14.4. The highest BCUT2D eigenvalue weighted by Crippen LogP contribution is 2.38. The second-order valence-corrected chi connectivity index (χ2v) is 8.19. The first-order valence-corrected chi connectivity index (χ1v) is 12.5. The van der Waals surface area contributed by atoms with Gasteiger partial charge in [0.15, 0.2) is 11.6 Å². The van der Waals surface area contributed by atoms with Crippen LogP contribution in [-0.4, -0.2) is 22.0 Å². The first-order valence-electron chi connectivity index (χ1n) is 10.8.